The fourth-order valence-corrected chi connectivity index (χ4v) is 2.65. The maximum absolute atomic E-state index is 5.19. The summed E-state index contributed by atoms with van der Waals surface area (Å²) in [5.41, 5.74) is 1.96. The molecule has 3 rings (SSSR count). The molecule has 0 fully saturated rings. The number of nitrogens with zero attached hydrogens (tertiary/aromatic N) is 3. The van der Waals surface area contributed by atoms with Gasteiger partial charge in [0.2, 0.25) is 5.88 Å². The highest BCUT2D eigenvalue weighted by Crippen LogP contribution is 2.24. The number of hydrogen-bond donors (Lipinski definition) is 1. The van der Waals surface area contributed by atoms with Crippen LogP contribution in [0.15, 0.2) is 41.0 Å². The zero-order valence-corrected chi connectivity index (χ0v) is 13.9. The van der Waals surface area contributed by atoms with Crippen molar-refractivity contribution >= 4 is 32.7 Å². The molecule has 0 saturated heterocycles. The molecule has 6 heteroatoms. The van der Waals surface area contributed by atoms with Crippen LogP contribution in [0.1, 0.15) is 11.4 Å². The Morgan fingerprint density at radius 2 is 2.09 bits per heavy atom. The lowest BCUT2D eigenvalue weighted by atomic mass is 10.2. The molecule has 2 heterocycles. The van der Waals surface area contributed by atoms with Crippen molar-refractivity contribution in [2.75, 3.05) is 12.4 Å². The average molecular weight is 359 g/mol. The first kappa shape index (κ1) is 14.7. The molecule has 0 bridgehead atoms. The van der Waals surface area contributed by atoms with Gasteiger partial charge in [-0.1, -0.05) is 28.1 Å². The van der Waals surface area contributed by atoms with Gasteiger partial charge in [0, 0.05) is 22.5 Å². The van der Waals surface area contributed by atoms with Gasteiger partial charge in [0.1, 0.15) is 11.6 Å². The largest absolute Gasteiger partial charge is 0.481 e. The highest BCUT2D eigenvalue weighted by atomic mass is 79.9. The number of benzene rings is 1. The zero-order valence-electron chi connectivity index (χ0n) is 12.3. The van der Waals surface area contributed by atoms with Gasteiger partial charge in [0.15, 0.2) is 0 Å². The molecule has 0 amide bonds. The van der Waals surface area contributed by atoms with Crippen molar-refractivity contribution in [1.29, 1.82) is 0 Å². The van der Waals surface area contributed by atoms with Crippen LogP contribution in [0, 0.1) is 6.92 Å². The summed E-state index contributed by atoms with van der Waals surface area (Å²) >= 11 is 3.48. The van der Waals surface area contributed by atoms with Crippen molar-refractivity contribution in [2.24, 2.45) is 0 Å². The molecule has 3 aromatic rings. The van der Waals surface area contributed by atoms with Crippen LogP contribution in [0.25, 0.3) is 10.9 Å². The molecule has 112 valence electrons. The second-order valence-electron chi connectivity index (χ2n) is 4.85. The molecule has 2 aromatic heterocycles. The number of methoxy groups -OCH3 is 1. The average Bonchev–Trinajstić information content (AvgIpc) is 2.52. The molecule has 5 nitrogen and oxygen atoms in total. The number of hydrogen-bond acceptors (Lipinski definition) is 5. The summed E-state index contributed by atoms with van der Waals surface area (Å²) in [5.74, 6) is 2.03. The molecule has 0 aliphatic heterocycles. The number of aryl methyl sites for hydroxylation is 1. The van der Waals surface area contributed by atoms with E-state index >= 15 is 0 Å². The number of ether oxygens (including phenoxy) is 1. The minimum absolute atomic E-state index is 0.547. The standard InChI is InChI=1S/C16H15BrN4O/c1-10-20-14-9-18-15(22-2)7-13(14)16(21-10)19-8-11-4-3-5-12(17)6-11/h3-7,9H,8H2,1-2H3,(H,19,20,21). The van der Waals surface area contributed by atoms with Crippen LogP contribution in [-0.2, 0) is 6.54 Å². The molecule has 0 aliphatic rings. The Hall–Kier alpha value is -2.21. The number of anilines is 1. The van der Waals surface area contributed by atoms with E-state index in [1.807, 2.05) is 25.1 Å². The number of fused-ring (bicyclic) bond motifs is 1. The lowest BCUT2D eigenvalue weighted by molar-refractivity contribution is 0.398. The van der Waals surface area contributed by atoms with Crippen LogP contribution in [0.2, 0.25) is 0 Å². The number of pyridine rings is 1. The van der Waals surface area contributed by atoms with Gasteiger partial charge >= 0.3 is 0 Å². The number of halogens is 1. The lowest BCUT2D eigenvalue weighted by Gasteiger charge is -2.10. The van der Waals surface area contributed by atoms with Gasteiger partial charge in [0.25, 0.3) is 0 Å². The van der Waals surface area contributed by atoms with Crippen LogP contribution in [0.3, 0.4) is 0 Å². The van der Waals surface area contributed by atoms with Crippen molar-refractivity contribution in [2.45, 2.75) is 13.5 Å². The quantitative estimate of drug-likeness (QED) is 0.770. The second kappa shape index (κ2) is 6.27. The highest BCUT2D eigenvalue weighted by molar-refractivity contribution is 9.10. The fourth-order valence-electron chi connectivity index (χ4n) is 2.21. The monoisotopic (exact) mass is 358 g/mol. The normalized spacial score (nSPS) is 10.7. The summed E-state index contributed by atoms with van der Waals surface area (Å²) in [4.78, 5) is 13.1. The minimum Gasteiger partial charge on any atom is -0.481 e. The molecular weight excluding hydrogens is 344 g/mol. The van der Waals surface area contributed by atoms with E-state index in [4.69, 9.17) is 4.74 Å². The van der Waals surface area contributed by atoms with E-state index < -0.39 is 0 Å². The van der Waals surface area contributed by atoms with Crippen LogP contribution >= 0.6 is 15.9 Å². The Morgan fingerprint density at radius 1 is 1.23 bits per heavy atom. The van der Waals surface area contributed by atoms with Crippen molar-refractivity contribution in [3.63, 3.8) is 0 Å². The van der Waals surface area contributed by atoms with E-state index in [9.17, 15) is 0 Å². The van der Waals surface area contributed by atoms with Crippen LogP contribution in [0.5, 0.6) is 5.88 Å². The Bertz CT molecular complexity index is 822. The van der Waals surface area contributed by atoms with Crippen molar-refractivity contribution < 1.29 is 4.74 Å². The van der Waals surface area contributed by atoms with Crippen molar-refractivity contribution in [3.05, 3.63) is 52.4 Å². The highest BCUT2D eigenvalue weighted by Gasteiger charge is 2.08. The summed E-state index contributed by atoms with van der Waals surface area (Å²) in [7, 11) is 1.60. The number of aromatic nitrogens is 3. The maximum Gasteiger partial charge on any atom is 0.213 e. The zero-order chi connectivity index (χ0) is 15.5. The van der Waals surface area contributed by atoms with E-state index in [2.05, 4.69) is 48.3 Å². The molecule has 1 aromatic carbocycles. The van der Waals surface area contributed by atoms with Crippen molar-refractivity contribution in [3.8, 4) is 5.88 Å². The Kier molecular flexibility index (Phi) is 4.20. The predicted octanol–water partition coefficient (Wildman–Crippen LogP) is 3.72. The van der Waals surface area contributed by atoms with Crippen LogP contribution < -0.4 is 10.1 Å². The fraction of sp³-hybridized carbons (Fsp3) is 0.188. The summed E-state index contributed by atoms with van der Waals surface area (Å²) in [6, 6.07) is 10.0. The molecular formula is C16H15BrN4O. The van der Waals surface area contributed by atoms with Crippen molar-refractivity contribution in [1.82, 2.24) is 15.0 Å². The molecule has 1 N–H and O–H groups in total. The Morgan fingerprint density at radius 3 is 2.86 bits per heavy atom. The second-order valence-corrected chi connectivity index (χ2v) is 5.76. The Balaban J connectivity index is 1.95. The van der Waals surface area contributed by atoms with Gasteiger partial charge in [-0.2, -0.15) is 0 Å². The molecule has 0 saturated carbocycles. The summed E-state index contributed by atoms with van der Waals surface area (Å²) in [6.07, 6.45) is 1.70. The predicted molar refractivity (Wildman–Crippen MR) is 90.1 cm³/mol. The minimum atomic E-state index is 0.547. The molecule has 0 radical (unpaired) electrons. The summed E-state index contributed by atoms with van der Waals surface area (Å²) < 4.78 is 6.24. The van der Waals surface area contributed by atoms with Gasteiger partial charge in [-0.3, -0.25) is 0 Å². The first-order chi connectivity index (χ1) is 10.7. The first-order valence-corrected chi connectivity index (χ1v) is 7.62. The van der Waals surface area contributed by atoms with Gasteiger partial charge < -0.3 is 10.1 Å². The van der Waals surface area contributed by atoms with E-state index in [-0.39, 0.29) is 0 Å². The van der Waals surface area contributed by atoms with Gasteiger partial charge in [-0.25, -0.2) is 15.0 Å². The first-order valence-electron chi connectivity index (χ1n) is 6.82. The molecule has 0 unspecified atom stereocenters. The molecule has 0 aliphatic carbocycles. The van der Waals surface area contributed by atoms with Crippen LogP contribution in [0.4, 0.5) is 5.82 Å². The number of rotatable bonds is 4. The molecule has 0 atom stereocenters. The summed E-state index contributed by atoms with van der Waals surface area (Å²) in [6.45, 7) is 2.55. The maximum atomic E-state index is 5.19. The van der Waals surface area contributed by atoms with E-state index in [0.29, 0.717) is 18.2 Å². The third-order valence-electron chi connectivity index (χ3n) is 3.23. The summed E-state index contributed by atoms with van der Waals surface area (Å²) in [5, 5.41) is 4.26. The third-order valence-corrected chi connectivity index (χ3v) is 3.72. The van der Waals surface area contributed by atoms with Gasteiger partial charge in [-0.05, 0) is 24.6 Å². The van der Waals surface area contributed by atoms with E-state index in [1.165, 1.54) is 5.56 Å². The van der Waals surface area contributed by atoms with E-state index in [1.54, 1.807) is 13.3 Å². The van der Waals surface area contributed by atoms with E-state index in [0.717, 1.165) is 21.2 Å². The van der Waals surface area contributed by atoms with Crippen LogP contribution in [-0.4, -0.2) is 22.1 Å². The number of nitrogens with one attached hydrogen (secondary N) is 1. The smallest absolute Gasteiger partial charge is 0.213 e. The van der Waals surface area contributed by atoms with Gasteiger partial charge in [0.05, 0.1) is 18.8 Å². The Labute approximate surface area is 136 Å². The SMILES string of the molecule is COc1cc2c(NCc3cccc(Br)c3)nc(C)nc2cn1. The molecule has 0 spiro atoms. The third kappa shape index (κ3) is 3.17. The molecule has 22 heavy (non-hydrogen) atoms. The lowest BCUT2D eigenvalue weighted by Crippen LogP contribution is -2.04. The topological polar surface area (TPSA) is 59.9 Å². The van der Waals surface area contributed by atoms with Gasteiger partial charge in [-0.15, -0.1) is 0 Å².